The van der Waals surface area contributed by atoms with Crippen molar-refractivity contribution in [3.8, 4) is 0 Å². The molecule has 0 saturated carbocycles. The van der Waals surface area contributed by atoms with Gasteiger partial charge in [0.15, 0.2) is 0 Å². The molecule has 0 amide bonds. The molecule has 3 fully saturated rings. The first-order valence-corrected chi connectivity index (χ1v) is 7.46. The number of piperazine rings is 3. The third-order valence-corrected chi connectivity index (χ3v) is 4.41. The highest BCUT2D eigenvalue weighted by Gasteiger charge is 2.36. The van der Waals surface area contributed by atoms with Crippen LogP contribution >= 0.6 is 0 Å². The molecule has 4 heterocycles. The third-order valence-electron chi connectivity index (χ3n) is 4.41. The van der Waals surface area contributed by atoms with Crippen molar-refractivity contribution in [2.24, 2.45) is 0 Å². The van der Waals surface area contributed by atoms with Crippen LogP contribution in [0.3, 0.4) is 0 Å². The molecule has 104 valence electrons. The molecule has 3 saturated heterocycles. The molecule has 1 aromatic rings. The summed E-state index contributed by atoms with van der Waals surface area (Å²) < 4.78 is 0. The van der Waals surface area contributed by atoms with Crippen molar-refractivity contribution < 1.29 is 0 Å². The van der Waals surface area contributed by atoms with E-state index in [-0.39, 0.29) is 0 Å². The molecule has 4 nitrogen and oxygen atoms in total. The molecule has 0 aliphatic carbocycles. The average Bonchev–Trinajstić information content (AvgIpc) is 2.49. The molecule has 1 aromatic heterocycles. The van der Waals surface area contributed by atoms with E-state index in [0.717, 1.165) is 13.0 Å². The topological polar surface area (TPSA) is 31.4 Å². The number of fused-ring (bicyclic) bond motifs is 3. The van der Waals surface area contributed by atoms with Gasteiger partial charge in [0.1, 0.15) is 0 Å². The Bertz CT molecular complexity index is 386. The van der Waals surface area contributed by atoms with Gasteiger partial charge in [-0.15, -0.1) is 0 Å². The van der Waals surface area contributed by atoms with Crippen LogP contribution in [0, 0.1) is 0 Å². The largest absolute Gasteiger partial charge is 0.312 e. The lowest BCUT2D eigenvalue weighted by molar-refractivity contribution is -0.00301. The highest BCUT2D eigenvalue weighted by Crippen LogP contribution is 2.20. The second kappa shape index (κ2) is 5.99. The summed E-state index contributed by atoms with van der Waals surface area (Å²) >= 11 is 0. The van der Waals surface area contributed by atoms with E-state index in [1.807, 2.05) is 12.3 Å². The number of hydrogen-bond acceptors (Lipinski definition) is 4. The Morgan fingerprint density at radius 3 is 2.74 bits per heavy atom. The zero-order valence-electron chi connectivity index (χ0n) is 11.8. The monoisotopic (exact) mass is 260 g/mol. The Hall–Kier alpha value is -0.970. The highest BCUT2D eigenvalue weighted by atomic mass is 15.4. The summed E-state index contributed by atoms with van der Waals surface area (Å²) in [5.74, 6) is 0. The summed E-state index contributed by atoms with van der Waals surface area (Å²) in [5, 5.41) is 3.68. The maximum atomic E-state index is 4.49. The lowest BCUT2D eigenvalue weighted by Gasteiger charge is -2.50. The van der Waals surface area contributed by atoms with Gasteiger partial charge < -0.3 is 5.32 Å². The Kier molecular flexibility index (Phi) is 4.11. The molecule has 2 atom stereocenters. The van der Waals surface area contributed by atoms with Crippen LogP contribution in [0.15, 0.2) is 24.4 Å². The molecule has 4 heteroatoms. The van der Waals surface area contributed by atoms with Crippen LogP contribution in [-0.2, 0) is 6.42 Å². The Morgan fingerprint density at radius 2 is 2.16 bits per heavy atom. The number of nitrogens with zero attached hydrogens (tertiary/aromatic N) is 3. The van der Waals surface area contributed by atoms with Crippen molar-refractivity contribution in [1.29, 1.82) is 0 Å². The van der Waals surface area contributed by atoms with Gasteiger partial charge in [-0.2, -0.15) is 0 Å². The lowest BCUT2D eigenvalue weighted by Crippen LogP contribution is -2.66. The van der Waals surface area contributed by atoms with Gasteiger partial charge in [0.05, 0.1) is 0 Å². The number of pyridine rings is 1. The first kappa shape index (κ1) is 13.0. The highest BCUT2D eigenvalue weighted by molar-refractivity contribution is 5.08. The van der Waals surface area contributed by atoms with E-state index in [1.165, 1.54) is 38.4 Å². The zero-order chi connectivity index (χ0) is 13.1. The fourth-order valence-corrected chi connectivity index (χ4v) is 3.39. The molecule has 3 aliphatic heterocycles. The summed E-state index contributed by atoms with van der Waals surface area (Å²) in [6, 6.07) is 7.37. The van der Waals surface area contributed by atoms with Crippen molar-refractivity contribution in [2.45, 2.75) is 25.4 Å². The summed E-state index contributed by atoms with van der Waals surface area (Å²) in [6.07, 6.45) is 2.93. The minimum Gasteiger partial charge on any atom is -0.312 e. The molecule has 4 rings (SSSR count). The molecule has 0 radical (unpaired) electrons. The Morgan fingerprint density at radius 1 is 1.32 bits per heavy atom. The zero-order valence-corrected chi connectivity index (χ0v) is 11.8. The number of likely N-dealkylation sites (N-methyl/N-ethyl adjacent to an activating group) is 1. The molecule has 0 spiro atoms. The fourth-order valence-electron chi connectivity index (χ4n) is 3.39. The predicted molar refractivity (Wildman–Crippen MR) is 77.2 cm³/mol. The van der Waals surface area contributed by atoms with E-state index in [9.17, 15) is 0 Å². The van der Waals surface area contributed by atoms with Crippen LogP contribution in [0.4, 0.5) is 0 Å². The van der Waals surface area contributed by atoms with E-state index in [2.05, 4.69) is 39.2 Å². The summed E-state index contributed by atoms with van der Waals surface area (Å²) in [6.45, 7) is 9.40. The number of rotatable bonds is 5. The lowest BCUT2D eigenvalue weighted by atomic mass is 9.96. The van der Waals surface area contributed by atoms with E-state index in [4.69, 9.17) is 0 Å². The standard InChI is InChI=1S/C15H24N4/c1-2-16-14(11-13-5-3-4-6-17-13)15-12-18-7-9-19(15)10-8-18/h3-6,14-16H,2,7-12H2,1H3. The van der Waals surface area contributed by atoms with Gasteiger partial charge in [0, 0.05) is 63.1 Å². The SMILES string of the molecule is CCNC(Cc1ccccn1)C1CN2CCN1CC2. The number of aromatic nitrogens is 1. The van der Waals surface area contributed by atoms with Crippen molar-refractivity contribution in [3.63, 3.8) is 0 Å². The Labute approximate surface area is 115 Å². The van der Waals surface area contributed by atoms with Gasteiger partial charge in [0.25, 0.3) is 0 Å². The van der Waals surface area contributed by atoms with Crippen molar-refractivity contribution in [1.82, 2.24) is 20.1 Å². The normalized spacial score (nSPS) is 31.3. The summed E-state index contributed by atoms with van der Waals surface area (Å²) in [5.41, 5.74) is 1.20. The predicted octanol–water partition coefficient (Wildman–Crippen LogP) is 0.602. The fraction of sp³-hybridized carbons (Fsp3) is 0.667. The van der Waals surface area contributed by atoms with Gasteiger partial charge >= 0.3 is 0 Å². The minimum atomic E-state index is 0.517. The summed E-state index contributed by atoms with van der Waals surface area (Å²) in [4.78, 5) is 9.75. The van der Waals surface area contributed by atoms with Crippen molar-refractivity contribution in [3.05, 3.63) is 30.1 Å². The first-order chi connectivity index (χ1) is 9.36. The van der Waals surface area contributed by atoms with E-state index >= 15 is 0 Å². The molecule has 0 aromatic carbocycles. The van der Waals surface area contributed by atoms with E-state index < -0.39 is 0 Å². The van der Waals surface area contributed by atoms with Crippen LogP contribution in [0.25, 0.3) is 0 Å². The van der Waals surface area contributed by atoms with Crippen LogP contribution < -0.4 is 5.32 Å². The van der Waals surface area contributed by atoms with Gasteiger partial charge in [-0.3, -0.25) is 14.8 Å². The molecular formula is C15H24N4. The molecule has 2 bridgehead atoms. The summed E-state index contributed by atoms with van der Waals surface area (Å²) in [7, 11) is 0. The molecule has 1 N–H and O–H groups in total. The second-order valence-corrected chi connectivity index (χ2v) is 5.59. The van der Waals surface area contributed by atoms with E-state index in [1.54, 1.807) is 0 Å². The van der Waals surface area contributed by atoms with Gasteiger partial charge in [-0.05, 0) is 18.7 Å². The van der Waals surface area contributed by atoms with Crippen LogP contribution in [0.5, 0.6) is 0 Å². The first-order valence-electron chi connectivity index (χ1n) is 7.46. The van der Waals surface area contributed by atoms with Crippen LogP contribution in [-0.4, -0.2) is 66.1 Å². The van der Waals surface area contributed by atoms with E-state index in [0.29, 0.717) is 12.1 Å². The molecule has 2 unspecified atom stereocenters. The van der Waals surface area contributed by atoms with Crippen molar-refractivity contribution in [2.75, 3.05) is 39.3 Å². The quantitative estimate of drug-likeness (QED) is 0.840. The van der Waals surface area contributed by atoms with Crippen LogP contribution in [0.1, 0.15) is 12.6 Å². The maximum Gasteiger partial charge on any atom is 0.0419 e. The average molecular weight is 260 g/mol. The van der Waals surface area contributed by atoms with Gasteiger partial charge in [-0.25, -0.2) is 0 Å². The van der Waals surface area contributed by atoms with Gasteiger partial charge in [-0.1, -0.05) is 13.0 Å². The smallest absolute Gasteiger partial charge is 0.0419 e. The number of hydrogen-bond donors (Lipinski definition) is 1. The number of nitrogens with one attached hydrogen (secondary N) is 1. The third kappa shape index (κ3) is 2.96. The molecule has 3 aliphatic rings. The van der Waals surface area contributed by atoms with Crippen LogP contribution in [0.2, 0.25) is 0 Å². The van der Waals surface area contributed by atoms with Crippen molar-refractivity contribution >= 4 is 0 Å². The second-order valence-electron chi connectivity index (χ2n) is 5.59. The molecular weight excluding hydrogens is 236 g/mol. The van der Waals surface area contributed by atoms with Gasteiger partial charge in [0.2, 0.25) is 0 Å². The Balaban J connectivity index is 1.70. The minimum absolute atomic E-state index is 0.517. The molecule has 19 heavy (non-hydrogen) atoms. The maximum absolute atomic E-state index is 4.49.